The lowest BCUT2D eigenvalue weighted by atomic mass is 10.0. The normalized spacial score (nSPS) is 24.5. The van der Waals surface area contributed by atoms with Crippen molar-refractivity contribution in [3.63, 3.8) is 0 Å². The molecule has 0 bridgehead atoms. The minimum atomic E-state index is 0.146. The molecule has 0 saturated carbocycles. The number of piperidine rings is 1. The highest BCUT2D eigenvalue weighted by Crippen LogP contribution is 2.36. The molecule has 0 radical (unpaired) electrons. The molecule has 0 aromatic heterocycles. The molecule has 0 aromatic rings. The second-order valence-electron chi connectivity index (χ2n) is 4.43. The number of carbonyl (C=O) groups excluding carboxylic acids is 1. The Morgan fingerprint density at radius 3 is 2.53 bits per heavy atom. The fourth-order valence-electron chi connectivity index (χ4n) is 2.24. The molecule has 86 valence electrons. The van der Waals surface area contributed by atoms with Gasteiger partial charge in [-0.15, -0.1) is 11.8 Å². The smallest absolute Gasteiger partial charge is 0.319 e. The van der Waals surface area contributed by atoms with Gasteiger partial charge >= 0.3 is 6.03 Å². The van der Waals surface area contributed by atoms with Crippen LogP contribution < -0.4 is 5.32 Å². The third-order valence-electron chi connectivity index (χ3n) is 3.15. The summed E-state index contributed by atoms with van der Waals surface area (Å²) in [7, 11) is 3.63. The molecular formula is C10H19N3OS. The van der Waals surface area contributed by atoms with E-state index in [9.17, 15) is 4.79 Å². The average molecular weight is 229 g/mol. The minimum Gasteiger partial charge on any atom is -0.331 e. The molecule has 0 atom stereocenters. The summed E-state index contributed by atoms with van der Waals surface area (Å²) in [5.41, 5.74) is 0. The van der Waals surface area contributed by atoms with Crippen molar-refractivity contribution in [3.8, 4) is 0 Å². The Bertz CT molecular complexity index is 241. The maximum atomic E-state index is 11.7. The maximum Gasteiger partial charge on any atom is 0.319 e. The van der Waals surface area contributed by atoms with Crippen LogP contribution in [0.4, 0.5) is 4.79 Å². The highest BCUT2D eigenvalue weighted by Gasteiger charge is 2.38. The van der Waals surface area contributed by atoms with Crippen LogP contribution in [0.25, 0.3) is 0 Å². The van der Waals surface area contributed by atoms with Crippen molar-refractivity contribution in [2.24, 2.45) is 0 Å². The Labute approximate surface area is 95.4 Å². The highest BCUT2D eigenvalue weighted by atomic mass is 32.2. The fraction of sp³-hybridized carbons (Fsp3) is 0.900. The average Bonchev–Trinajstić information content (AvgIpc) is 2.67. The van der Waals surface area contributed by atoms with Gasteiger partial charge in [-0.2, -0.15) is 0 Å². The summed E-state index contributed by atoms with van der Waals surface area (Å²) in [6, 6.07) is 0.146. The highest BCUT2D eigenvalue weighted by molar-refractivity contribution is 8.00. The molecule has 2 heterocycles. The number of urea groups is 1. The van der Waals surface area contributed by atoms with Gasteiger partial charge in [0.25, 0.3) is 0 Å². The maximum absolute atomic E-state index is 11.7. The molecule has 5 heteroatoms. The van der Waals surface area contributed by atoms with Gasteiger partial charge in [0.15, 0.2) is 0 Å². The Balaban J connectivity index is 1.89. The third kappa shape index (κ3) is 2.23. The van der Waals surface area contributed by atoms with E-state index in [1.807, 2.05) is 30.8 Å². The van der Waals surface area contributed by atoms with Crippen molar-refractivity contribution in [3.05, 3.63) is 0 Å². The molecule has 1 spiro atoms. The van der Waals surface area contributed by atoms with Crippen molar-refractivity contribution in [2.45, 2.75) is 17.7 Å². The first-order valence-electron chi connectivity index (χ1n) is 5.48. The van der Waals surface area contributed by atoms with Crippen molar-refractivity contribution < 1.29 is 4.79 Å². The molecule has 2 saturated heterocycles. The molecule has 4 nitrogen and oxygen atoms in total. The largest absolute Gasteiger partial charge is 0.331 e. The Hall–Kier alpha value is -0.420. The first-order chi connectivity index (χ1) is 7.13. The lowest BCUT2D eigenvalue weighted by Gasteiger charge is -2.39. The molecule has 2 rings (SSSR count). The number of hydrogen-bond acceptors (Lipinski definition) is 3. The van der Waals surface area contributed by atoms with Crippen molar-refractivity contribution >= 4 is 17.8 Å². The summed E-state index contributed by atoms with van der Waals surface area (Å²) >= 11 is 2.03. The van der Waals surface area contributed by atoms with Crippen LogP contribution in [-0.2, 0) is 0 Å². The van der Waals surface area contributed by atoms with E-state index < -0.39 is 0 Å². The van der Waals surface area contributed by atoms with E-state index in [1.165, 1.54) is 5.75 Å². The second kappa shape index (κ2) is 4.22. The first-order valence-corrected chi connectivity index (χ1v) is 6.47. The van der Waals surface area contributed by atoms with E-state index >= 15 is 0 Å². The summed E-state index contributed by atoms with van der Waals surface area (Å²) < 4.78 is 0. The zero-order chi connectivity index (χ0) is 10.9. The van der Waals surface area contributed by atoms with Gasteiger partial charge in [-0.05, 0) is 12.8 Å². The predicted octanol–water partition coefficient (Wildman–Crippen LogP) is 0.797. The number of thioether (sulfide) groups is 1. The number of carbonyl (C=O) groups is 1. The standard InChI is InChI=1S/C10H19N3OS/c1-12(2)9(14)13-6-3-10(4-7-13)11-5-8-15-10/h11H,3-8H2,1-2H3. The van der Waals surface area contributed by atoms with E-state index in [0.29, 0.717) is 0 Å². The second-order valence-corrected chi connectivity index (χ2v) is 5.91. The van der Waals surface area contributed by atoms with Gasteiger partial charge in [0.2, 0.25) is 0 Å². The Morgan fingerprint density at radius 1 is 1.40 bits per heavy atom. The van der Waals surface area contributed by atoms with Crippen molar-refractivity contribution in [1.82, 2.24) is 15.1 Å². The van der Waals surface area contributed by atoms with E-state index in [-0.39, 0.29) is 10.9 Å². The van der Waals surface area contributed by atoms with Crippen molar-refractivity contribution in [2.75, 3.05) is 39.5 Å². The van der Waals surface area contributed by atoms with Crippen molar-refractivity contribution in [1.29, 1.82) is 0 Å². The molecule has 0 aliphatic carbocycles. The van der Waals surface area contributed by atoms with Crippen LogP contribution in [0, 0.1) is 0 Å². The fourth-order valence-corrected chi connectivity index (χ4v) is 3.51. The Kier molecular flexibility index (Phi) is 3.11. The number of amides is 2. The number of nitrogens with zero attached hydrogens (tertiary/aromatic N) is 2. The van der Waals surface area contributed by atoms with Gasteiger partial charge in [-0.1, -0.05) is 0 Å². The molecule has 2 aliphatic rings. The summed E-state index contributed by atoms with van der Waals surface area (Å²) in [5.74, 6) is 1.21. The van der Waals surface area contributed by atoms with Crippen LogP contribution in [0.15, 0.2) is 0 Å². The van der Waals surface area contributed by atoms with Gasteiger partial charge in [-0.3, -0.25) is 0 Å². The number of rotatable bonds is 0. The van der Waals surface area contributed by atoms with Gasteiger partial charge in [0.05, 0.1) is 4.87 Å². The molecule has 0 aromatic carbocycles. The summed E-state index contributed by atoms with van der Waals surface area (Å²) in [4.78, 5) is 15.6. The van der Waals surface area contributed by atoms with Crippen LogP contribution >= 0.6 is 11.8 Å². The van der Waals surface area contributed by atoms with Crippen LogP contribution in [0.1, 0.15) is 12.8 Å². The molecule has 1 N–H and O–H groups in total. The van der Waals surface area contributed by atoms with Crippen LogP contribution in [0.5, 0.6) is 0 Å². The van der Waals surface area contributed by atoms with Crippen LogP contribution in [0.2, 0.25) is 0 Å². The molecule has 15 heavy (non-hydrogen) atoms. The molecule has 0 unspecified atom stereocenters. The quantitative estimate of drug-likeness (QED) is 0.667. The molecular weight excluding hydrogens is 210 g/mol. The van der Waals surface area contributed by atoms with Crippen LogP contribution in [-0.4, -0.2) is 60.2 Å². The number of nitrogens with one attached hydrogen (secondary N) is 1. The summed E-state index contributed by atoms with van der Waals surface area (Å²) in [5, 5.41) is 3.57. The zero-order valence-corrected chi connectivity index (χ0v) is 10.3. The Morgan fingerprint density at radius 2 is 2.07 bits per heavy atom. The summed E-state index contributed by atoms with van der Waals surface area (Å²) in [6.07, 6.45) is 2.16. The van der Waals surface area contributed by atoms with E-state index in [1.54, 1.807) is 4.90 Å². The number of hydrogen-bond donors (Lipinski definition) is 1. The predicted molar refractivity (Wildman–Crippen MR) is 63.1 cm³/mol. The summed E-state index contributed by atoms with van der Waals surface area (Å²) in [6.45, 7) is 2.89. The monoisotopic (exact) mass is 229 g/mol. The van der Waals surface area contributed by atoms with Crippen LogP contribution in [0.3, 0.4) is 0 Å². The first kappa shape index (κ1) is 11.1. The minimum absolute atomic E-state index is 0.146. The van der Waals surface area contributed by atoms with Gasteiger partial charge in [0, 0.05) is 39.5 Å². The topological polar surface area (TPSA) is 35.6 Å². The third-order valence-corrected chi connectivity index (χ3v) is 4.67. The van der Waals surface area contributed by atoms with E-state index in [4.69, 9.17) is 0 Å². The zero-order valence-electron chi connectivity index (χ0n) is 9.45. The van der Waals surface area contributed by atoms with Gasteiger partial charge < -0.3 is 15.1 Å². The van der Waals surface area contributed by atoms with Gasteiger partial charge in [0.1, 0.15) is 0 Å². The molecule has 2 fully saturated rings. The van der Waals surface area contributed by atoms with E-state index in [0.717, 1.165) is 32.5 Å². The molecule has 2 amide bonds. The lowest BCUT2D eigenvalue weighted by Crippen LogP contribution is -2.51. The van der Waals surface area contributed by atoms with E-state index in [2.05, 4.69) is 5.32 Å². The lowest BCUT2D eigenvalue weighted by molar-refractivity contribution is 0.149. The molecule has 2 aliphatic heterocycles. The van der Waals surface area contributed by atoms with Gasteiger partial charge in [-0.25, -0.2) is 4.79 Å². The number of likely N-dealkylation sites (tertiary alicyclic amines) is 1. The SMILES string of the molecule is CN(C)C(=O)N1CCC2(CC1)NCCS2.